The number of Topliss-reactive ketones (excluding diaryl/α,β-unsaturated/α-hetero) is 1. The fourth-order valence-electron chi connectivity index (χ4n) is 2.09. The summed E-state index contributed by atoms with van der Waals surface area (Å²) in [5.41, 5.74) is 1.09. The Labute approximate surface area is 117 Å². The van der Waals surface area contributed by atoms with E-state index in [-0.39, 0.29) is 12.2 Å². The maximum Gasteiger partial charge on any atom is 0.194 e. The monoisotopic (exact) mass is 268 g/mol. The van der Waals surface area contributed by atoms with E-state index in [1.165, 1.54) is 6.92 Å². The number of allylic oxidation sites excluding steroid dienone is 2. The third kappa shape index (κ3) is 3.32. The summed E-state index contributed by atoms with van der Waals surface area (Å²) >= 11 is 0. The predicted octanol–water partition coefficient (Wildman–Crippen LogP) is 3.37. The Balaban J connectivity index is 2.12. The number of ketones is 2. The van der Waals surface area contributed by atoms with E-state index in [0.29, 0.717) is 6.42 Å². The molecule has 0 aromatic heterocycles. The maximum absolute atomic E-state index is 11.7. The lowest BCUT2D eigenvalue weighted by molar-refractivity contribution is -0.118. The Bertz CT molecular complexity index is 678. The summed E-state index contributed by atoms with van der Waals surface area (Å²) in [6, 6.07) is 14.0. The van der Waals surface area contributed by atoms with Crippen LogP contribution in [0.5, 0.6) is 0 Å². The lowest BCUT2D eigenvalue weighted by Crippen LogP contribution is -2.02. The van der Waals surface area contributed by atoms with Gasteiger partial charge in [-0.2, -0.15) is 0 Å². The number of carbonyl (C=O) groups is 2. The van der Waals surface area contributed by atoms with Gasteiger partial charge in [0.1, 0.15) is 0 Å². The van der Waals surface area contributed by atoms with Crippen LogP contribution in [0.3, 0.4) is 0 Å². The first-order chi connectivity index (χ1) is 9.58. The molecule has 20 heavy (non-hydrogen) atoms. The largest absolute Gasteiger partial charge is 0.504 e. The van der Waals surface area contributed by atoms with E-state index in [1.54, 1.807) is 0 Å². The van der Waals surface area contributed by atoms with Crippen LogP contribution in [0.25, 0.3) is 10.8 Å². The van der Waals surface area contributed by atoms with Crippen molar-refractivity contribution in [2.45, 2.75) is 19.8 Å². The average Bonchev–Trinajstić information content (AvgIpc) is 2.44. The van der Waals surface area contributed by atoms with Crippen molar-refractivity contribution < 1.29 is 14.7 Å². The molecule has 0 saturated heterocycles. The van der Waals surface area contributed by atoms with E-state index in [9.17, 15) is 14.7 Å². The van der Waals surface area contributed by atoms with Gasteiger partial charge in [0, 0.05) is 19.4 Å². The standard InChI is InChI=1S/C17H16O3/c1-12(18)17(20)11-15(19)10-9-14-7-4-6-13-5-2-3-8-16(13)14/h2-8,11,20H,9-10H2,1H3/b17-11-. The molecule has 0 aliphatic heterocycles. The first-order valence-electron chi connectivity index (χ1n) is 6.49. The molecule has 0 aliphatic carbocycles. The van der Waals surface area contributed by atoms with Gasteiger partial charge < -0.3 is 5.11 Å². The number of aryl methyl sites for hydroxylation is 1. The highest BCUT2D eigenvalue weighted by atomic mass is 16.3. The smallest absolute Gasteiger partial charge is 0.194 e. The number of carbonyl (C=O) groups excluding carboxylic acids is 2. The van der Waals surface area contributed by atoms with Crippen LogP contribution in [0.2, 0.25) is 0 Å². The summed E-state index contributed by atoms with van der Waals surface area (Å²) in [5.74, 6) is -1.22. The molecule has 1 N–H and O–H groups in total. The summed E-state index contributed by atoms with van der Waals surface area (Å²) in [5, 5.41) is 11.5. The fourth-order valence-corrected chi connectivity index (χ4v) is 2.09. The molecular formula is C17H16O3. The highest BCUT2D eigenvalue weighted by molar-refractivity contribution is 6.00. The third-order valence-corrected chi connectivity index (χ3v) is 3.18. The molecule has 0 spiro atoms. The van der Waals surface area contributed by atoms with E-state index < -0.39 is 11.5 Å². The minimum absolute atomic E-state index is 0.245. The zero-order valence-electron chi connectivity index (χ0n) is 11.3. The molecule has 2 aromatic carbocycles. The van der Waals surface area contributed by atoms with E-state index in [4.69, 9.17) is 0 Å². The Hall–Kier alpha value is -2.42. The van der Waals surface area contributed by atoms with E-state index >= 15 is 0 Å². The van der Waals surface area contributed by atoms with Gasteiger partial charge in [-0.3, -0.25) is 9.59 Å². The molecule has 0 atom stereocenters. The van der Waals surface area contributed by atoms with Gasteiger partial charge >= 0.3 is 0 Å². The zero-order valence-corrected chi connectivity index (χ0v) is 11.3. The number of hydrogen-bond acceptors (Lipinski definition) is 3. The maximum atomic E-state index is 11.7. The lowest BCUT2D eigenvalue weighted by Gasteiger charge is -2.05. The molecule has 3 heteroatoms. The van der Waals surface area contributed by atoms with Crippen LogP contribution < -0.4 is 0 Å². The number of benzene rings is 2. The molecule has 102 valence electrons. The molecule has 3 nitrogen and oxygen atoms in total. The summed E-state index contributed by atoms with van der Waals surface area (Å²) < 4.78 is 0. The number of rotatable bonds is 5. The highest BCUT2D eigenvalue weighted by Gasteiger charge is 2.06. The minimum Gasteiger partial charge on any atom is -0.504 e. The Morgan fingerprint density at radius 1 is 1.10 bits per heavy atom. The number of hydrogen-bond donors (Lipinski definition) is 1. The molecular weight excluding hydrogens is 252 g/mol. The Kier molecular flexibility index (Phi) is 4.31. The second-order valence-electron chi connectivity index (χ2n) is 4.69. The van der Waals surface area contributed by atoms with Crippen LogP contribution in [0, 0.1) is 0 Å². The number of aliphatic hydroxyl groups excluding tert-OH is 1. The molecule has 0 amide bonds. The van der Waals surface area contributed by atoms with E-state index in [0.717, 1.165) is 22.4 Å². The van der Waals surface area contributed by atoms with Crippen molar-refractivity contribution in [2.24, 2.45) is 0 Å². The topological polar surface area (TPSA) is 54.4 Å². The van der Waals surface area contributed by atoms with Gasteiger partial charge in [-0.25, -0.2) is 0 Å². The fraction of sp³-hybridized carbons (Fsp3) is 0.176. The van der Waals surface area contributed by atoms with Crippen LogP contribution in [0.15, 0.2) is 54.3 Å². The number of aliphatic hydroxyl groups is 1. The zero-order chi connectivity index (χ0) is 14.5. The quantitative estimate of drug-likeness (QED) is 0.668. The van der Waals surface area contributed by atoms with Crippen molar-refractivity contribution in [3.63, 3.8) is 0 Å². The highest BCUT2D eigenvalue weighted by Crippen LogP contribution is 2.19. The SMILES string of the molecule is CC(=O)/C(O)=C/C(=O)CCc1cccc2ccccc12. The molecule has 0 heterocycles. The van der Waals surface area contributed by atoms with Gasteiger partial charge in [-0.05, 0) is 22.8 Å². The van der Waals surface area contributed by atoms with Crippen molar-refractivity contribution in [1.29, 1.82) is 0 Å². The Morgan fingerprint density at radius 2 is 1.80 bits per heavy atom. The van der Waals surface area contributed by atoms with Crippen LogP contribution >= 0.6 is 0 Å². The first kappa shape index (κ1) is 14.0. The van der Waals surface area contributed by atoms with E-state index in [2.05, 4.69) is 0 Å². The average molecular weight is 268 g/mol. The summed E-state index contributed by atoms with van der Waals surface area (Å²) in [7, 11) is 0. The second kappa shape index (κ2) is 6.15. The molecule has 0 bridgehead atoms. The van der Waals surface area contributed by atoms with E-state index in [1.807, 2.05) is 42.5 Å². The van der Waals surface area contributed by atoms with Crippen molar-refractivity contribution >= 4 is 22.3 Å². The first-order valence-corrected chi connectivity index (χ1v) is 6.49. The summed E-state index contributed by atoms with van der Waals surface area (Å²) in [4.78, 5) is 22.5. The van der Waals surface area contributed by atoms with Crippen molar-refractivity contribution in [3.05, 3.63) is 59.9 Å². The molecule has 0 saturated carbocycles. The van der Waals surface area contributed by atoms with Crippen molar-refractivity contribution in [3.8, 4) is 0 Å². The van der Waals surface area contributed by atoms with Crippen LogP contribution in [-0.2, 0) is 16.0 Å². The van der Waals surface area contributed by atoms with Crippen molar-refractivity contribution in [2.75, 3.05) is 0 Å². The lowest BCUT2D eigenvalue weighted by atomic mass is 10.00. The van der Waals surface area contributed by atoms with Gasteiger partial charge in [-0.1, -0.05) is 42.5 Å². The van der Waals surface area contributed by atoms with Gasteiger partial charge in [0.15, 0.2) is 17.3 Å². The molecule has 2 aromatic rings. The summed E-state index contributed by atoms with van der Waals surface area (Å²) in [6.07, 6.45) is 1.86. The minimum atomic E-state index is -0.497. The molecule has 0 aliphatic rings. The number of fused-ring (bicyclic) bond motifs is 1. The second-order valence-corrected chi connectivity index (χ2v) is 4.69. The Morgan fingerprint density at radius 3 is 2.55 bits per heavy atom. The van der Waals surface area contributed by atoms with Gasteiger partial charge in [0.2, 0.25) is 0 Å². The van der Waals surface area contributed by atoms with Gasteiger partial charge in [-0.15, -0.1) is 0 Å². The molecule has 0 unspecified atom stereocenters. The van der Waals surface area contributed by atoms with Crippen molar-refractivity contribution in [1.82, 2.24) is 0 Å². The van der Waals surface area contributed by atoms with Crippen LogP contribution in [-0.4, -0.2) is 16.7 Å². The normalized spacial score (nSPS) is 11.6. The van der Waals surface area contributed by atoms with Gasteiger partial charge in [0.25, 0.3) is 0 Å². The molecule has 2 rings (SSSR count). The molecule has 0 radical (unpaired) electrons. The molecule has 0 fully saturated rings. The van der Waals surface area contributed by atoms with Crippen LogP contribution in [0.4, 0.5) is 0 Å². The predicted molar refractivity (Wildman–Crippen MR) is 78.7 cm³/mol. The third-order valence-electron chi connectivity index (χ3n) is 3.18. The van der Waals surface area contributed by atoms with Crippen LogP contribution in [0.1, 0.15) is 18.9 Å². The summed E-state index contributed by atoms with van der Waals surface area (Å²) in [6.45, 7) is 1.23. The van der Waals surface area contributed by atoms with Gasteiger partial charge in [0.05, 0.1) is 0 Å².